The maximum atomic E-state index is 6.20. The minimum atomic E-state index is 0.0671. The summed E-state index contributed by atoms with van der Waals surface area (Å²) in [5.41, 5.74) is 0.0671. The van der Waals surface area contributed by atoms with Gasteiger partial charge in [0.1, 0.15) is 0 Å². The van der Waals surface area contributed by atoms with Gasteiger partial charge in [0.15, 0.2) is 0 Å². The summed E-state index contributed by atoms with van der Waals surface area (Å²) in [6, 6.07) is 0.469. The Morgan fingerprint density at radius 3 is 2.56 bits per heavy atom. The fourth-order valence-electron chi connectivity index (χ4n) is 3.24. The van der Waals surface area contributed by atoms with Gasteiger partial charge in [0, 0.05) is 19.1 Å². The molecule has 0 aromatic heterocycles. The number of hydrogen-bond acceptors (Lipinski definition) is 2. The van der Waals surface area contributed by atoms with Crippen LogP contribution >= 0.6 is 0 Å². The van der Waals surface area contributed by atoms with Crippen LogP contribution in [0.2, 0.25) is 0 Å². The van der Waals surface area contributed by atoms with Gasteiger partial charge in [0.05, 0.1) is 5.60 Å². The highest BCUT2D eigenvalue weighted by Crippen LogP contribution is 2.36. The Labute approximate surface area is 113 Å². The molecule has 0 aromatic rings. The number of hydrogen-bond donors (Lipinski definition) is 1. The zero-order chi connectivity index (χ0) is 13.3. The molecule has 0 radical (unpaired) electrons. The van der Waals surface area contributed by atoms with Gasteiger partial charge >= 0.3 is 0 Å². The molecule has 0 heterocycles. The number of terminal acetylenes is 1. The summed E-state index contributed by atoms with van der Waals surface area (Å²) in [6.45, 7) is 6.12. The number of rotatable bonds is 8. The zero-order valence-electron chi connectivity index (χ0n) is 12.1. The molecule has 104 valence electrons. The summed E-state index contributed by atoms with van der Waals surface area (Å²) >= 11 is 0. The van der Waals surface area contributed by atoms with Gasteiger partial charge < -0.3 is 10.1 Å². The quantitative estimate of drug-likeness (QED) is 0.526. The molecule has 1 aliphatic rings. The third-order valence-corrected chi connectivity index (χ3v) is 4.03. The van der Waals surface area contributed by atoms with Gasteiger partial charge in [0.2, 0.25) is 0 Å². The van der Waals surface area contributed by atoms with Crippen LogP contribution in [0.15, 0.2) is 0 Å². The van der Waals surface area contributed by atoms with Crippen molar-refractivity contribution in [2.24, 2.45) is 0 Å². The Bertz CT molecular complexity index is 245. The zero-order valence-corrected chi connectivity index (χ0v) is 12.1. The van der Waals surface area contributed by atoms with E-state index in [-0.39, 0.29) is 5.60 Å². The molecule has 0 aliphatic heterocycles. The molecule has 1 saturated carbocycles. The van der Waals surface area contributed by atoms with Gasteiger partial charge in [-0.25, -0.2) is 0 Å². The van der Waals surface area contributed by atoms with E-state index in [1.54, 1.807) is 0 Å². The lowest BCUT2D eigenvalue weighted by Crippen LogP contribution is -2.53. The molecular weight excluding hydrogens is 222 g/mol. The second-order valence-corrected chi connectivity index (χ2v) is 5.27. The molecule has 1 N–H and O–H groups in total. The molecule has 0 saturated heterocycles. The van der Waals surface area contributed by atoms with Crippen molar-refractivity contribution in [1.82, 2.24) is 5.32 Å². The van der Waals surface area contributed by atoms with E-state index in [1.807, 2.05) is 0 Å². The molecule has 1 unspecified atom stereocenters. The number of likely N-dealkylation sites (N-methyl/N-ethyl adjacent to an activating group) is 1. The molecule has 1 aliphatic carbocycles. The van der Waals surface area contributed by atoms with E-state index in [0.717, 1.165) is 32.4 Å². The predicted octanol–water partition coefficient (Wildman–Crippen LogP) is 3.51. The van der Waals surface area contributed by atoms with Gasteiger partial charge in [-0.2, -0.15) is 0 Å². The van der Waals surface area contributed by atoms with Gasteiger partial charge in [0.25, 0.3) is 0 Å². The van der Waals surface area contributed by atoms with Crippen molar-refractivity contribution in [3.05, 3.63) is 0 Å². The summed E-state index contributed by atoms with van der Waals surface area (Å²) in [6.07, 6.45) is 14.8. The number of ether oxygens (including phenoxy) is 1. The van der Waals surface area contributed by atoms with E-state index < -0.39 is 0 Å². The van der Waals surface area contributed by atoms with Crippen molar-refractivity contribution in [3.63, 3.8) is 0 Å². The van der Waals surface area contributed by atoms with Gasteiger partial charge in [-0.05, 0) is 39.2 Å². The summed E-state index contributed by atoms with van der Waals surface area (Å²) in [5, 5.41) is 3.64. The highest BCUT2D eigenvalue weighted by molar-refractivity contribution is 4.96. The first-order valence-corrected chi connectivity index (χ1v) is 7.60. The first-order chi connectivity index (χ1) is 8.79. The summed E-state index contributed by atoms with van der Waals surface area (Å²) < 4.78 is 6.20. The van der Waals surface area contributed by atoms with Crippen molar-refractivity contribution in [1.29, 1.82) is 0 Å². The van der Waals surface area contributed by atoms with Crippen LogP contribution < -0.4 is 5.32 Å². The Morgan fingerprint density at radius 1 is 1.28 bits per heavy atom. The average molecular weight is 251 g/mol. The van der Waals surface area contributed by atoms with Crippen molar-refractivity contribution in [2.45, 2.75) is 76.9 Å². The third-order valence-electron chi connectivity index (χ3n) is 4.03. The second kappa shape index (κ2) is 8.56. The fraction of sp³-hybridized carbons (Fsp3) is 0.875. The monoisotopic (exact) mass is 251 g/mol. The van der Waals surface area contributed by atoms with E-state index in [4.69, 9.17) is 11.2 Å². The highest BCUT2D eigenvalue weighted by atomic mass is 16.5. The molecule has 0 aromatic carbocycles. The van der Waals surface area contributed by atoms with Crippen molar-refractivity contribution in [2.75, 3.05) is 13.2 Å². The molecule has 0 amide bonds. The lowest BCUT2D eigenvalue weighted by molar-refractivity contribution is -0.0914. The van der Waals surface area contributed by atoms with E-state index in [1.165, 1.54) is 32.1 Å². The standard InChI is InChI=1S/C16H29NO/c1-4-7-9-12-15(17-5-2)16(18-6-3)13-10-8-11-14-16/h1,15,17H,5-14H2,2-3H3. The summed E-state index contributed by atoms with van der Waals surface area (Å²) in [5.74, 6) is 2.74. The number of nitrogens with one attached hydrogen (secondary N) is 1. The normalized spacial score (nSPS) is 20.3. The van der Waals surface area contributed by atoms with Gasteiger partial charge in [-0.1, -0.05) is 26.2 Å². The van der Waals surface area contributed by atoms with E-state index >= 15 is 0 Å². The topological polar surface area (TPSA) is 21.3 Å². The summed E-state index contributed by atoms with van der Waals surface area (Å²) in [7, 11) is 0. The number of unbranched alkanes of at least 4 members (excludes halogenated alkanes) is 1. The van der Waals surface area contributed by atoms with Crippen LogP contribution in [0.1, 0.15) is 65.2 Å². The van der Waals surface area contributed by atoms with Crippen LogP contribution in [0.25, 0.3) is 0 Å². The van der Waals surface area contributed by atoms with Crippen LogP contribution in [-0.2, 0) is 4.74 Å². The van der Waals surface area contributed by atoms with Crippen LogP contribution in [0.5, 0.6) is 0 Å². The maximum Gasteiger partial charge on any atom is 0.0834 e. The third kappa shape index (κ3) is 4.30. The molecule has 1 rings (SSSR count). The summed E-state index contributed by atoms with van der Waals surface area (Å²) in [4.78, 5) is 0. The molecule has 1 atom stereocenters. The lowest BCUT2D eigenvalue weighted by atomic mass is 9.77. The van der Waals surface area contributed by atoms with Crippen LogP contribution in [0.4, 0.5) is 0 Å². The lowest BCUT2D eigenvalue weighted by Gasteiger charge is -2.44. The Hall–Kier alpha value is -0.520. The van der Waals surface area contributed by atoms with Crippen molar-refractivity contribution in [3.8, 4) is 12.3 Å². The molecule has 0 spiro atoms. The van der Waals surface area contributed by atoms with Gasteiger partial charge in [-0.15, -0.1) is 12.3 Å². The Balaban J connectivity index is 2.66. The predicted molar refractivity (Wildman–Crippen MR) is 77.6 cm³/mol. The molecular formula is C16H29NO. The molecule has 18 heavy (non-hydrogen) atoms. The molecule has 2 nitrogen and oxygen atoms in total. The highest BCUT2D eigenvalue weighted by Gasteiger charge is 2.39. The fourth-order valence-corrected chi connectivity index (χ4v) is 3.24. The maximum absolute atomic E-state index is 6.20. The van der Waals surface area contributed by atoms with E-state index in [0.29, 0.717) is 6.04 Å². The van der Waals surface area contributed by atoms with Crippen molar-refractivity contribution < 1.29 is 4.74 Å². The van der Waals surface area contributed by atoms with Crippen LogP contribution in [-0.4, -0.2) is 24.8 Å². The molecule has 0 bridgehead atoms. The van der Waals surface area contributed by atoms with E-state index in [2.05, 4.69) is 25.1 Å². The Morgan fingerprint density at radius 2 is 2.00 bits per heavy atom. The van der Waals surface area contributed by atoms with Crippen LogP contribution in [0.3, 0.4) is 0 Å². The smallest absolute Gasteiger partial charge is 0.0834 e. The second-order valence-electron chi connectivity index (χ2n) is 5.27. The molecule has 1 fully saturated rings. The molecule has 2 heteroatoms. The largest absolute Gasteiger partial charge is 0.374 e. The minimum absolute atomic E-state index is 0.0671. The van der Waals surface area contributed by atoms with Crippen molar-refractivity contribution >= 4 is 0 Å². The van der Waals surface area contributed by atoms with Crippen LogP contribution in [0, 0.1) is 12.3 Å². The average Bonchev–Trinajstić information content (AvgIpc) is 2.39. The minimum Gasteiger partial charge on any atom is -0.374 e. The Kier molecular flexibility index (Phi) is 7.39. The first kappa shape index (κ1) is 15.5. The first-order valence-electron chi connectivity index (χ1n) is 7.60. The van der Waals surface area contributed by atoms with E-state index in [9.17, 15) is 0 Å². The SMILES string of the molecule is C#CCCCC(NCC)C1(OCC)CCCCC1. The van der Waals surface area contributed by atoms with Gasteiger partial charge in [-0.3, -0.25) is 0 Å².